The third-order valence-electron chi connectivity index (χ3n) is 2.55. The Bertz CT molecular complexity index is 606. The molecule has 4 heteroatoms. The van der Waals surface area contributed by atoms with Crippen LogP contribution in [-0.4, -0.2) is 34.0 Å². The van der Waals surface area contributed by atoms with E-state index in [0.717, 1.165) is 9.18 Å². The molecular formula is C16H13ClO2Te. The monoisotopic (exact) mass is 402 g/mol. The Morgan fingerprint density at radius 3 is 2.35 bits per heavy atom. The van der Waals surface area contributed by atoms with E-state index in [1.807, 2.05) is 42.5 Å². The molecule has 2 aromatic rings. The van der Waals surface area contributed by atoms with Crippen molar-refractivity contribution in [3.8, 4) is 0 Å². The van der Waals surface area contributed by atoms with Gasteiger partial charge in [0.1, 0.15) is 0 Å². The maximum atomic E-state index is 11.5. The van der Waals surface area contributed by atoms with Gasteiger partial charge in [0.2, 0.25) is 0 Å². The van der Waals surface area contributed by atoms with E-state index in [2.05, 4.69) is 12.1 Å². The predicted molar refractivity (Wildman–Crippen MR) is 83.3 cm³/mol. The Labute approximate surface area is 133 Å². The number of hydrogen-bond donors (Lipinski definition) is 0. The zero-order chi connectivity index (χ0) is 14.4. The molecule has 102 valence electrons. The fraction of sp³-hybridized carbons (Fsp3) is 0.0625. The van der Waals surface area contributed by atoms with Gasteiger partial charge in [-0.15, -0.1) is 0 Å². The van der Waals surface area contributed by atoms with E-state index in [0.29, 0.717) is 5.02 Å². The second kappa shape index (κ2) is 7.50. The summed E-state index contributed by atoms with van der Waals surface area (Å²) in [4.78, 5) is 11.5. The van der Waals surface area contributed by atoms with E-state index in [1.54, 1.807) is 6.08 Å². The van der Waals surface area contributed by atoms with Gasteiger partial charge in [-0.1, -0.05) is 0 Å². The van der Waals surface area contributed by atoms with Crippen molar-refractivity contribution in [1.82, 2.24) is 0 Å². The Morgan fingerprint density at radius 1 is 1.10 bits per heavy atom. The van der Waals surface area contributed by atoms with Crippen LogP contribution in [0.3, 0.4) is 0 Å². The van der Waals surface area contributed by atoms with Gasteiger partial charge in [-0.3, -0.25) is 0 Å². The van der Waals surface area contributed by atoms with Crippen LogP contribution in [0.5, 0.6) is 0 Å². The van der Waals surface area contributed by atoms with Crippen molar-refractivity contribution in [1.29, 1.82) is 0 Å². The summed E-state index contributed by atoms with van der Waals surface area (Å²) < 4.78 is 7.04. The Balaban J connectivity index is 2.32. The first-order chi connectivity index (χ1) is 9.69. The van der Waals surface area contributed by atoms with Crippen LogP contribution in [0.4, 0.5) is 0 Å². The van der Waals surface area contributed by atoms with E-state index >= 15 is 0 Å². The Kier molecular flexibility index (Phi) is 5.67. The SMILES string of the molecule is COC(=O)/C=C(\[Te]c1ccccc1)c1ccc(Cl)cc1. The second-order valence-electron chi connectivity index (χ2n) is 3.95. The van der Waals surface area contributed by atoms with Crippen LogP contribution in [0.2, 0.25) is 5.02 Å². The van der Waals surface area contributed by atoms with E-state index in [4.69, 9.17) is 16.3 Å². The van der Waals surface area contributed by atoms with Crippen molar-refractivity contribution in [2.24, 2.45) is 0 Å². The van der Waals surface area contributed by atoms with Gasteiger partial charge < -0.3 is 0 Å². The number of carbonyl (C=O) groups excluding carboxylic acids is 1. The van der Waals surface area contributed by atoms with Crippen LogP contribution in [-0.2, 0) is 9.53 Å². The number of rotatable bonds is 4. The molecular weight excluding hydrogens is 387 g/mol. The van der Waals surface area contributed by atoms with Crippen molar-refractivity contribution in [2.75, 3.05) is 7.11 Å². The fourth-order valence-corrected chi connectivity index (χ4v) is 4.42. The van der Waals surface area contributed by atoms with Gasteiger partial charge in [0.25, 0.3) is 0 Å². The van der Waals surface area contributed by atoms with Crippen LogP contribution in [0.25, 0.3) is 3.62 Å². The van der Waals surface area contributed by atoms with Gasteiger partial charge in [0.05, 0.1) is 0 Å². The summed E-state index contributed by atoms with van der Waals surface area (Å²) >= 11 is 5.26. The fourth-order valence-electron chi connectivity index (χ4n) is 1.57. The van der Waals surface area contributed by atoms with E-state index in [-0.39, 0.29) is 5.97 Å². The number of esters is 1. The third kappa shape index (κ3) is 4.38. The van der Waals surface area contributed by atoms with E-state index in [9.17, 15) is 4.79 Å². The molecule has 0 saturated heterocycles. The second-order valence-corrected chi connectivity index (χ2v) is 7.57. The molecule has 20 heavy (non-hydrogen) atoms. The molecule has 0 saturated carbocycles. The molecule has 0 aromatic heterocycles. The number of halogens is 1. The summed E-state index contributed by atoms with van der Waals surface area (Å²) in [7, 11) is 1.39. The third-order valence-corrected chi connectivity index (χ3v) is 5.89. The van der Waals surface area contributed by atoms with Crippen LogP contribution in [0, 0.1) is 0 Å². The number of benzene rings is 2. The molecule has 0 aliphatic carbocycles. The zero-order valence-corrected chi connectivity index (χ0v) is 14.0. The average Bonchev–Trinajstić information content (AvgIpc) is 2.48. The van der Waals surface area contributed by atoms with Crippen LogP contribution < -0.4 is 3.61 Å². The molecule has 0 radical (unpaired) electrons. The molecule has 0 unspecified atom stereocenters. The van der Waals surface area contributed by atoms with Crippen molar-refractivity contribution < 1.29 is 9.53 Å². The summed E-state index contributed by atoms with van der Waals surface area (Å²) in [5, 5.41) is 0.687. The van der Waals surface area contributed by atoms with Gasteiger partial charge >= 0.3 is 134 Å². The molecule has 2 rings (SSSR count). The Morgan fingerprint density at radius 2 is 1.75 bits per heavy atom. The normalized spacial score (nSPS) is 11.2. The quantitative estimate of drug-likeness (QED) is 0.448. The van der Waals surface area contributed by atoms with Gasteiger partial charge in [-0.25, -0.2) is 0 Å². The topological polar surface area (TPSA) is 26.3 Å². The summed E-state index contributed by atoms with van der Waals surface area (Å²) in [6, 6.07) is 17.7. The zero-order valence-electron chi connectivity index (χ0n) is 10.9. The maximum absolute atomic E-state index is 11.5. The summed E-state index contributed by atoms with van der Waals surface area (Å²) in [5.41, 5.74) is 1.02. The first-order valence-electron chi connectivity index (χ1n) is 5.97. The molecule has 0 fully saturated rings. The molecule has 0 bridgehead atoms. The van der Waals surface area contributed by atoms with Gasteiger partial charge in [-0.05, 0) is 0 Å². The molecule has 0 amide bonds. The minimum atomic E-state index is -0.653. The van der Waals surface area contributed by atoms with Crippen molar-refractivity contribution in [2.45, 2.75) is 0 Å². The van der Waals surface area contributed by atoms with Crippen LogP contribution >= 0.6 is 11.6 Å². The number of ether oxygens (including phenoxy) is 1. The standard InChI is InChI=1S/C16H13ClO2Te/c1-19-16(18)11-15(12-7-9-13(17)10-8-12)20-14-5-3-2-4-6-14/h2-11H,1H3/b15-11-. The molecule has 2 aromatic carbocycles. The molecule has 0 atom stereocenters. The van der Waals surface area contributed by atoms with Crippen LogP contribution in [0.15, 0.2) is 60.7 Å². The van der Waals surface area contributed by atoms with Gasteiger partial charge in [-0.2, -0.15) is 0 Å². The molecule has 0 N–H and O–H groups in total. The first kappa shape index (κ1) is 15.1. The molecule has 2 nitrogen and oxygen atoms in total. The van der Waals surface area contributed by atoms with Crippen molar-refractivity contribution in [3.63, 3.8) is 0 Å². The summed E-state index contributed by atoms with van der Waals surface area (Å²) in [6.45, 7) is 0. The number of carbonyl (C=O) groups is 1. The van der Waals surface area contributed by atoms with Crippen molar-refractivity contribution in [3.05, 3.63) is 71.3 Å². The van der Waals surface area contributed by atoms with Crippen molar-refractivity contribution >= 4 is 45.7 Å². The number of methoxy groups -OCH3 is 1. The summed E-state index contributed by atoms with van der Waals surface area (Å²) in [6.07, 6.45) is 1.58. The van der Waals surface area contributed by atoms with Crippen LogP contribution in [0.1, 0.15) is 5.56 Å². The first-order valence-corrected chi connectivity index (χ1v) is 8.68. The Hall–Kier alpha value is -1.27. The van der Waals surface area contributed by atoms with E-state index in [1.165, 1.54) is 10.7 Å². The predicted octanol–water partition coefficient (Wildman–Crippen LogP) is 2.88. The van der Waals surface area contributed by atoms with Gasteiger partial charge in [0.15, 0.2) is 0 Å². The van der Waals surface area contributed by atoms with Gasteiger partial charge in [0, 0.05) is 0 Å². The van der Waals surface area contributed by atoms with E-state index < -0.39 is 20.9 Å². The number of hydrogen-bond acceptors (Lipinski definition) is 2. The molecule has 0 heterocycles. The molecule has 0 aliphatic rings. The molecule has 0 spiro atoms. The average molecular weight is 400 g/mol. The summed E-state index contributed by atoms with van der Waals surface area (Å²) in [5.74, 6) is -0.323. The minimum absolute atomic E-state index is 0.323. The molecule has 0 aliphatic heterocycles.